The molecule has 0 aromatic rings. The van der Waals surface area contributed by atoms with E-state index in [4.69, 9.17) is 9.47 Å². The maximum Gasteiger partial charge on any atom is 0.326 e. The molecule has 106 valence electrons. The minimum absolute atomic E-state index is 0.119. The fourth-order valence-corrected chi connectivity index (χ4v) is 2.86. The van der Waals surface area contributed by atoms with Gasteiger partial charge in [-0.15, -0.1) is 0 Å². The highest BCUT2D eigenvalue weighted by atomic mass is 16.5. The lowest BCUT2D eigenvalue weighted by atomic mass is 9.85. The zero-order valence-corrected chi connectivity index (χ0v) is 12.3. The lowest BCUT2D eigenvalue weighted by Gasteiger charge is -2.33. The van der Waals surface area contributed by atoms with Crippen LogP contribution in [0.4, 0.5) is 0 Å². The van der Waals surface area contributed by atoms with Crippen molar-refractivity contribution >= 4 is 5.97 Å². The molecule has 2 atom stereocenters. The SMILES string of the molecule is CNC1(C(=O)OC)CCCC1CCOC(C)(C)C. The Hall–Kier alpha value is -0.610. The monoisotopic (exact) mass is 257 g/mol. The Morgan fingerprint density at radius 2 is 2.11 bits per heavy atom. The Kier molecular flexibility index (Phi) is 5.17. The first-order valence-electron chi connectivity index (χ1n) is 6.77. The minimum Gasteiger partial charge on any atom is -0.468 e. The van der Waals surface area contributed by atoms with Crippen molar-refractivity contribution in [1.82, 2.24) is 5.32 Å². The largest absolute Gasteiger partial charge is 0.468 e. The summed E-state index contributed by atoms with van der Waals surface area (Å²) in [6.45, 7) is 6.84. The number of methoxy groups -OCH3 is 1. The molecular weight excluding hydrogens is 230 g/mol. The third-order valence-corrected chi connectivity index (χ3v) is 3.82. The van der Waals surface area contributed by atoms with E-state index in [1.807, 2.05) is 27.8 Å². The number of likely N-dealkylation sites (N-methyl/N-ethyl adjacent to an activating group) is 1. The minimum atomic E-state index is -0.504. The smallest absolute Gasteiger partial charge is 0.326 e. The van der Waals surface area contributed by atoms with Gasteiger partial charge < -0.3 is 14.8 Å². The van der Waals surface area contributed by atoms with Crippen LogP contribution in [0.2, 0.25) is 0 Å². The predicted molar refractivity (Wildman–Crippen MR) is 71.5 cm³/mol. The standard InChI is InChI=1S/C14H27NO3/c1-13(2,3)18-10-8-11-7-6-9-14(11,15-4)12(16)17-5/h11,15H,6-10H2,1-5H3. The Morgan fingerprint density at radius 3 is 2.61 bits per heavy atom. The van der Waals surface area contributed by atoms with Crippen LogP contribution < -0.4 is 5.32 Å². The van der Waals surface area contributed by atoms with E-state index in [2.05, 4.69) is 5.32 Å². The van der Waals surface area contributed by atoms with E-state index in [0.29, 0.717) is 12.5 Å². The third kappa shape index (κ3) is 3.45. The number of nitrogens with one attached hydrogen (secondary N) is 1. The van der Waals surface area contributed by atoms with Crippen LogP contribution in [0.3, 0.4) is 0 Å². The van der Waals surface area contributed by atoms with Gasteiger partial charge >= 0.3 is 5.97 Å². The zero-order chi connectivity index (χ0) is 13.8. The number of rotatable bonds is 5. The van der Waals surface area contributed by atoms with Crippen molar-refractivity contribution in [1.29, 1.82) is 0 Å². The molecule has 2 unspecified atom stereocenters. The van der Waals surface area contributed by atoms with Crippen molar-refractivity contribution < 1.29 is 14.3 Å². The molecule has 1 aliphatic carbocycles. The zero-order valence-electron chi connectivity index (χ0n) is 12.3. The summed E-state index contributed by atoms with van der Waals surface area (Å²) in [5.41, 5.74) is -0.623. The number of hydrogen-bond acceptors (Lipinski definition) is 4. The van der Waals surface area contributed by atoms with Crippen LogP contribution >= 0.6 is 0 Å². The van der Waals surface area contributed by atoms with Crippen LogP contribution in [-0.2, 0) is 14.3 Å². The second-order valence-electron chi connectivity index (χ2n) is 6.05. The molecule has 0 aliphatic heterocycles. The number of carbonyl (C=O) groups is 1. The van der Waals surface area contributed by atoms with E-state index < -0.39 is 5.54 Å². The molecule has 0 radical (unpaired) electrons. The fourth-order valence-electron chi connectivity index (χ4n) is 2.86. The lowest BCUT2D eigenvalue weighted by molar-refractivity contribution is -0.150. The van der Waals surface area contributed by atoms with Crippen LogP contribution in [0, 0.1) is 5.92 Å². The van der Waals surface area contributed by atoms with Crippen LogP contribution in [0.1, 0.15) is 46.5 Å². The summed E-state index contributed by atoms with van der Waals surface area (Å²) >= 11 is 0. The Labute approximate surface area is 110 Å². The summed E-state index contributed by atoms with van der Waals surface area (Å²) in [6, 6.07) is 0. The second-order valence-corrected chi connectivity index (χ2v) is 6.05. The summed E-state index contributed by atoms with van der Waals surface area (Å²) in [5.74, 6) is 0.167. The van der Waals surface area contributed by atoms with Crippen molar-refractivity contribution in [3.63, 3.8) is 0 Å². The molecule has 4 heteroatoms. The maximum atomic E-state index is 12.0. The topological polar surface area (TPSA) is 47.6 Å². The van der Waals surface area contributed by atoms with Crippen LogP contribution in [0.5, 0.6) is 0 Å². The summed E-state index contributed by atoms with van der Waals surface area (Å²) in [7, 11) is 3.31. The normalized spacial score (nSPS) is 28.4. The van der Waals surface area contributed by atoms with Crippen molar-refractivity contribution in [3.8, 4) is 0 Å². The molecule has 1 saturated carbocycles. The molecule has 0 heterocycles. The van der Waals surface area contributed by atoms with Crippen molar-refractivity contribution in [2.24, 2.45) is 5.92 Å². The van der Waals surface area contributed by atoms with Gasteiger partial charge in [-0.05, 0) is 53.0 Å². The lowest BCUT2D eigenvalue weighted by Crippen LogP contribution is -2.54. The van der Waals surface area contributed by atoms with E-state index >= 15 is 0 Å². The van der Waals surface area contributed by atoms with Crippen LogP contribution in [-0.4, -0.2) is 37.9 Å². The van der Waals surface area contributed by atoms with Gasteiger partial charge in [0.05, 0.1) is 12.7 Å². The Balaban J connectivity index is 2.60. The van der Waals surface area contributed by atoms with Gasteiger partial charge in [0.2, 0.25) is 0 Å². The first-order chi connectivity index (χ1) is 8.35. The van der Waals surface area contributed by atoms with E-state index in [1.54, 1.807) is 0 Å². The Bertz CT molecular complexity index is 285. The molecule has 0 spiro atoms. The number of esters is 1. The molecule has 1 N–H and O–H groups in total. The van der Waals surface area contributed by atoms with E-state index in [9.17, 15) is 4.79 Å². The first-order valence-corrected chi connectivity index (χ1v) is 6.77. The van der Waals surface area contributed by atoms with Gasteiger partial charge in [-0.25, -0.2) is 0 Å². The highest BCUT2D eigenvalue weighted by Gasteiger charge is 2.48. The number of hydrogen-bond donors (Lipinski definition) is 1. The molecule has 0 amide bonds. The fraction of sp³-hybridized carbons (Fsp3) is 0.929. The van der Waals surface area contributed by atoms with Gasteiger partial charge in [-0.2, -0.15) is 0 Å². The van der Waals surface area contributed by atoms with Crippen molar-refractivity contribution in [3.05, 3.63) is 0 Å². The first kappa shape index (κ1) is 15.4. The summed E-state index contributed by atoms with van der Waals surface area (Å²) in [5, 5.41) is 3.20. The van der Waals surface area contributed by atoms with Gasteiger partial charge in [-0.3, -0.25) is 4.79 Å². The molecule has 0 aromatic heterocycles. The molecule has 1 fully saturated rings. The summed E-state index contributed by atoms with van der Waals surface area (Å²) in [6.07, 6.45) is 3.88. The average molecular weight is 257 g/mol. The van der Waals surface area contributed by atoms with Gasteiger partial charge in [-0.1, -0.05) is 6.42 Å². The van der Waals surface area contributed by atoms with Gasteiger partial charge in [0, 0.05) is 6.61 Å². The highest BCUT2D eigenvalue weighted by Crippen LogP contribution is 2.38. The Morgan fingerprint density at radius 1 is 1.44 bits per heavy atom. The van der Waals surface area contributed by atoms with E-state index in [1.165, 1.54) is 7.11 Å². The van der Waals surface area contributed by atoms with Crippen LogP contribution in [0.15, 0.2) is 0 Å². The molecule has 1 aliphatic rings. The second kappa shape index (κ2) is 6.02. The van der Waals surface area contributed by atoms with Crippen molar-refractivity contribution in [2.45, 2.75) is 57.6 Å². The average Bonchev–Trinajstić information content (AvgIpc) is 2.70. The van der Waals surface area contributed by atoms with Crippen LogP contribution in [0.25, 0.3) is 0 Å². The number of carbonyl (C=O) groups excluding carboxylic acids is 1. The van der Waals surface area contributed by atoms with E-state index in [-0.39, 0.29) is 11.6 Å². The van der Waals surface area contributed by atoms with Gasteiger partial charge in [0.1, 0.15) is 5.54 Å². The van der Waals surface area contributed by atoms with Gasteiger partial charge in [0.25, 0.3) is 0 Å². The quantitative estimate of drug-likeness (QED) is 0.766. The third-order valence-electron chi connectivity index (χ3n) is 3.82. The number of ether oxygens (including phenoxy) is 2. The molecular formula is C14H27NO3. The summed E-state index contributed by atoms with van der Waals surface area (Å²) in [4.78, 5) is 12.0. The predicted octanol–water partition coefficient (Wildman–Crippen LogP) is 2.12. The molecule has 18 heavy (non-hydrogen) atoms. The van der Waals surface area contributed by atoms with Gasteiger partial charge in [0.15, 0.2) is 0 Å². The maximum absolute atomic E-state index is 12.0. The van der Waals surface area contributed by atoms with Crippen molar-refractivity contribution in [2.75, 3.05) is 20.8 Å². The molecule has 0 bridgehead atoms. The van der Waals surface area contributed by atoms with E-state index in [0.717, 1.165) is 25.7 Å². The highest BCUT2D eigenvalue weighted by molar-refractivity contribution is 5.81. The molecule has 0 aromatic carbocycles. The molecule has 1 rings (SSSR count). The molecule has 4 nitrogen and oxygen atoms in total. The summed E-state index contributed by atoms with van der Waals surface area (Å²) < 4.78 is 10.7. The molecule has 0 saturated heterocycles.